The molecule has 2 aromatic rings. The van der Waals surface area contributed by atoms with Crippen molar-refractivity contribution in [3.8, 4) is 0 Å². The monoisotopic (exact) mass is 314 g/mol. The van der Waals surface area contributed by atoms with E-state index in [1.165, 1.54) is 6.07 Å². The quantitative estimate of drug-likeness (QED) is 0.636. The summed E-state index contributed by atoms with van der Waals surface area (Å²) in [5.41, 5.74) is 0.799. The highest BCUT2D eigenvalue weighted by molar-refractivity contribution is 5.80. The molecule has 1 aliphatic carbocycles. The number of aromatic nitrogens is 1. The van der Waals surface area contributed by atoms with Gasteiger partial charge in [0.2, 0.25) is 0 Å². The molecule has 1 fully saturated rings. The molecule has 1 aromatic heterocycles. The minimum atomic E-state index is -0.114. The zero-order chi connectivity index (χ0) is 16.1. The van der Waals surface area contributed by atoms with Crippen molar-refractivity contribution in [1.29, 1.82) is 0 Å². The van der Waals surface area contributed by atoms with Gasteiger partial charge in [0.05, 0.1) is 6.54 Å². The molecule has 2 N–H and O–H groups in total. The van der Waals surface area contributed by atoms with E-state index in [4.69, 9.17) is 0 Å². The van der Waals surface area contributed by atoms with Gasteiger partial charge in [0.25, 0.3) is 0 Å². The van der Waals surface area contributed by atoms with Crippen LogP contribution in [0.5, 0.6) is 0 Å². The van der Waals surface area contributed by atoms with Crippen molar-refractivity contribution < 1.29 is 4.39 Å². The first-order valence-electron chi connectivity index (χ1n) is 8.18. The average molecular weight is 314 g/mol. The minimum absolute atomic E-state index is 0.114. The fraction of sp³-hybridized carbons (Fsp3) is 0.389. The lowest BCUT2D eigenvalue weighted by atomic mass is 10.1. The van der Waals surface area contributed by atoms with Gasteiger partial charge in [-0.15, -0.1) is 0 Å². The van der Waals surface area contributed by atoms with Gasteiger partial charge >= 0.3 is 0 Å². The molecule has 0 aliphatic heterocycles. The lowest BCUT2D eigenvalue weighted by Gasteiger charge is -2.11. The molecule has 0 radical (unpaired) electrons. The Morgan fingerprint density at radius 3 is 2.78 bits per heavy atom. The number of nitrogens with zero attached hydrogens (tertiary/aromatic N) is 2. The number of benzene rings is 1. The van der Waals surface area contributed by atoms with Gasteiger partial charge in [0, 0.05) is 37.4 Å². The number of rotatable bonds is 6. The molecule has 0 saturated heterocycles. The Labute approximate surface area is 136 Å². The third-order valence-corrected chi connectivity index (χ3v) is 4.06. The molecule has 1 aromatic carbocycles. The van der Waals surface area contributed by atoms with E-state index in [-0.39, 0.29) is 17.8 Å². The van der Waals surface area contributed by atoms with Crippen molar-refractivity contribution in [2.75, 3.05) is 13.1 Å². The van der Waals surface area contributed by atoms with Gasteiger partial charge in [-0.1, -0.05) is 18.2 Å². The van der Waals surface area contributed by atoms with Gasteiger partial charge in [-0.3, -0.25) is 4.99 Å². The summed E-state index contributed by atoms with van der Waals surface area (Å²) in [6.07, 6.45) is 5.01. The van der Waals surface area contributed by atoms with Gasteiger partial charge in [-0.05, 0) is 37.1 Å². The Morgan fingerprint density at radius 2 is 2.04 bits per heavy atom. The molecule has 5 heteroatoms. The number of guanidine groups is 1. The van der Waals surface area contributed by atoms with Gasteiger partial charge in [0.15, 0.2) is 5.96 Å². The molecule has 3 rings (SSSR count). The maximum Gasteiger partial charge on any atom is 0.191 e. The molecule has 23 heavy (non-hydrogen) atoms. The van der Waals surface area contributed by atoms with Crippen LogP contribution in [0, 0.1) is 5.82 Å². The highest BCUT2D eigenvalue weighted by Crippen LogP contribution is 2.41. The SMILES string of the molecule is CCNC(=NCCn1cccc1)NC1CC1c1ccccc1F. The normalized spacial score (nSPS) is 20.3. The molecule has 0 bridgehead atoms. The Balaban J connectivity index is 1.55. The molecular formula is C18H23FN4. The zero-order valence-corrected chi connectivity index (χ0v) is 13.4. The second-order valence-electron chi connectivity index (χ2n) is 5.80. The summed E-state index contributed by atoms with van der Waals surface area (Å²) in [7, 11) is 0. The highest BCUT2D eigenvalue weighted by atomic mass is 19.1. The van der Waals surface area contributed by atoms with E-state index in [9.17, 15) is 4.39 Å². The Morgan fingerprint density at radius 1 is 1.26 bits per heavy atom. The molecule has 4 nitrogen and oxygen atoms in total. The lowest BCUT2D eigenvalue weighted by molar-refractivity contribution is 0.607. The van der Waals surface area contributed by atoms with Crippen LogP contribution < -0.4 is 10.6 Å². The predicted octanol–water partition coefficient (Wildman–Crippen LogP) is 2.74. The van der Waals surface area contributed by atoms with E-state index in [1.807, 2.05) is 43.6 Å². The fourth-order valence-corrected chi connectivity index (χ4v) is 2.77. The highest BCUT2D eigenvalue weighted by Gasteiger charge is 2.40. The van der Waals surface area contributed by atoms with Crippen LogP contribution in [0.2, 0.25) is 0 Å². The minimum Gasteiger partial charge on any atom is -0.357 e. The number of hydrogen-bond donors (Lipinski definition) is 2. The molecule has 1 aliphatic rings. The Hall–Kier alpha value is -2.30. The van der Waals surface area contributed by atoms with Crippen LogP contribution >= 0.6 is 0 Å². The average Bonchev–Trinajstić information content (AvgIpc) is 3.09. The van der Waals surface area contributed by atoms with Crippen molar-refractivity contribution in [2.45, 2.75) is 31.8 Å². The fourth-order valence-electron chi connectivity index (χ4n) is 2.77. The van der Waals surface area contributed by atoms with Crippen molar-refractivity contribution in [1.82, 2.24) is 15.2 Å². The van der Waals surface area contributed by atoms with E-state index in [0.29, 0.717) is 6.54 Å². The summed E-state index contributed by atoms with van der Waals surface area (Å²) in [4.78, 5) is 4.60. The molecule has 2 atom stereocenters. The second kappa shape index (κ2) is 7.31. The Kier molecular flexibility index (Phi) is 4.95. The third-order valence-electron chi connectivity index (χ3n) is 4.06. The number of hydrogen-bond acceptors (Lipinski definition) is 1. The summed E-state index contributed by atoms with van der Waals surface area (Å²) in [6, 6.07) is 11.3. The molecule has 0 amide bonds. The topological polar surface area (TPSA) is 41.4 Å². The second-order valence-corrected chi connectivity index (χ2v) is 5.80. The van der Waals surface area contributed by atoms with Crippen molar-refractivity contribution in [3.63, 3.8) is 0 Å². The van der Waals surface area contributed by atoms with Gasteiger partial charge in [-0.2, -0.15) is 0 Å². The van der Waals surface area contributed by atoms with Crippen LogP contribution in [-0.4, -0.2) is 29.7 Å². The van der Waals surface area contributed by atoms with E-state index in [1.54, 1.807) is 6.07 Å². The predicted molar refractivity (Wildman–Crippen MR) is 91.1 cm³/mol. The molecule has 0 spiro atoms. The molecular weight excluding hydrogens is 291 g/mol. The number of nitrogens with one attached hydrogen (secondary N) is 2. The standard InChI is InChI=1S/C18H23FN4/c1-2-20-18(21-9-12-23-10-5-6-11-23)22-17-13-15(17)14-7-3-4-8-16(14)19/h3-8,10-11,15,17H,2,9,12-13H2,1H3,(H2,20,21,22). The summed E-state index contributed by atoms with van der Waals surface area (Å²) in [6.45, 7) is 4.42. The summed E-state index contributed by atoms with van der Waals surface area (Å²) in [5, 5.41) is 6.67. The van der Waals surface area contributed by atoms with Crippen LogP contribution in [0.1, 0.15) is 24.8 Å². The summed E-state index contributed by atoms with van der Waals surface area (Å²) >= 11 is 0. The van der Waals surface area contributed by atoms with Crippen molar-refractivity contribution >= 4 is 5.96 Å². The summed E-state index contributed by atoms with van der Waals surface area (Å²) < 4.78 is 15.9. The molecule has 1 heterocycles. The zero-order valence-electron chi connectivity index (χ0n) is 13.4. The molecule has 122 valence electrons. The maximum absolute atomic E-state index is 13.8. The maximum atomic E-state index is 13.8. The van der Waals surface area contributed by atoms with Crippen LogP contribution in [0.15, 0.2) is 53.8 Å². The van der Waals surface area contributed by atoms with Crippen molar-refractivity contribution in [2.24, 2.45) is 4.99 Å². The van der Waals surface area contributed by atoms with E-state index >= 15 is 0 Å². The summed E-state index contributed by atoms with van der Waals surface area (Å²) in [5.74, 6) is 0.935. The molecule has 2 unspecified atom stereocenters. The van der Waals surface area contributed by atoms with E-state index in [2.05, 4.69) is 20.2 Å². The van der Waals surface area contributed by atoms with Gasteiger partial charge in [-0.25, -0.2) is 4.39 Å². The largest absolute Gasteiger partial charge is 0.357 e. The lowest BCUT2D eigenvalue weighted by Crippen LogP contribution is -2.39. The van der Waals surface area contributed by atoms with E-state index < -0.39 is 0 Å². The number of halogens is 1. The smallest absolute Gasteiger partial charge is 0.191 e. The molecule has 1 saturated carbocycles. The van der Waals surface area contributed by atoms with Crippen LogP contribution in [0.4, 0.5) is 4.39 Å². The Bertz CT molecular complexity index is 651. The van der Waals surface area contributed by atoms with Crippen molar-refractivity contribution in [3.05, 3.63) is 60.2 Å². The third kappa shape index (κ3) is 4.12. The van der Waals surface area contributed by atoms with Crippen LogP contribution in [-0.2, 0) is 6.54 Å². The first-order valence-corrected chi connectivity index (χ1v) is 8.18. The van der Waals surface area contributed by atoms with Gasteiger partial charge < -0.3 is 15.2 Å². The van der Waals surface area contributed by atoms with E-state index in [0.717, 1.165) is 31.0 Å². The first kappa shape index (κ1) is 15.6. The van der Waals surface area contributed by atoms with Gasteiger partial charge in [0.1, 0.15) is 5.82 Å². The van der Waals surface area contributed by atoms with Crippen LogP contribution in [0.25, 0.3) is 0 Å². The van der Waals surface area contributed by atoms with Crippen LogP contribution in [0.3, 0.4) is 0 Å². The first-order chi connectivity index (χ1) is 11.3. The number of aliphatic imine (C=N–C) groups is 1.